The van der Waals surface area contributed by atoms with Crippen LogP contribution < -0.4 is 0 Å². The number of carbonyl (C=O) groups excluding carboxylic acids is 1. The monoisotopic (exact) mass is 448 g/mol. The Morgan fingerprint density at radius 2 is 1.59 bits per heavy atom. The van der Waals surface area contributed by atoms with Crippen molar-refractivity contribution in [2.45, 2.75) is 114 Å². The molecule has 2 unspecified atom stereocenters. The van der Waals surface area contributed by atoms with E-state index < -0.39 is 0 Å². The molecular weight excluding hydrogens is 408 g/mol. The van der Waals surface area contributed by atoms with Gasteiger partial charge < -0.3 is 23.7 Å². The minimum atomic E-state index is -0.125. The van der Waals surface area contributed by atoms with Crippen LogP contribution in [0.15, 0.2) is 12.2 Å². The van der Waals surface area contributed by atoms with E-state index in [1.165, 1.54) is 38.5 Å². The Balaban J connectivity index is 1.29. The van der Waals surface area contributed by atoms with Crippen LogP contribution in [-0.4, -0.2) is 50.1 Å². The van der Waals surface area contributed by atoms with Crippen molar-refractivity contribution in [1.29, 1.82) is 0 Å². The van der Waals surface area contributed by atoms with Crippen molar-refractivity contribution in [1.82, 2.24) is 0 Å². The summed E-state index contributed by atoms with van der Waals surface area (Å²) in [5, 5.41) is 0. The zero-order valence-electron chi connectivity index (χ0n) is 19.3. The lowest BCUT2D eigenvalue weighted by Crippen LogP contribution is -2.33. The molecule has 0 N–H and O–H groups in total. The molecule has 180 valence electrons. The molecule has 6 nitrogen and oxygen atoms in total. The van der Waals surface area contributed by atoms with Gasteiger partial charge >= 0.3 is 5.97 Å². The van der Waals surface area contributed by atoms with Gasteiger partial charge in [-0.25, -0.2) is 0 Å². The molecule has 3 heterocycles. The van der Waals surface area contributed by atoms with E-state index in [0.717, 1.165) is 51.7 Å². The van der Waals surface area contributed by atoms with Gasteiger partial charge in [-0.2, -0.15) is 0 Å². The van der Waals surface area contributed by atoms with Crippen LogP contribution in [0, 0.1) is 17.8 Å². The summed E-state index contributed by atoms with van der Waals surface area (Å²) in [6, 6.07) is 0. The summed E-state index contributed by atoms with van der Waals surface area (Å²) in [5.41, 5.74) is 0. The molecule has 0 bridgehead atoms. The molecule has 32 heavy (non-hydrogen) atoms. The van der Waals surface area contributed by atoms with Crippen LogP contribution in [0.4, 0.5) is 0 Å². The van der Waals surface area contributed by atoms with Gasteiger partial charge in [-0.05, 0) is 57.3 Å². The highest BCUT2D eigenvalue weighted by Gasteiger charge is 2.50. The van der Waals surface area contributed by atoms with Gasteiger partial charge in [-0.1, -0.05) is 31.4 Å². The van der Waals surface area contributed by atoms with Gasteiger partial charge in [0.15, 0.2) is 12.6 Å². The SMILES string of the molecule is O=C1C[C@@H]2[C@@H](C=C[C@H](OC3CCCCO3)C3CCCCC3)[C@H](OC3CCCCO3)C[C@@H]2O1. The van der Waals surface area contributed by atoms with Crippen molar-refractivity contribution < 1.29 is 28.5 Å². The summed E-state index contributed by atoms with van der Waals surface area (Å²) in [7, 11) is 0. The fourth-order valence-electron chi connectivity index (χ4n) is 6.33. The molecule has 5 rings (SSSR count). The number of ether oxygens (including phenoxy) is 5. The molecule has 7 atom stereocenters. The molecule has 5 aliphatic rings. The van der Waals surface area contributed by atoms with E-state index in [0.29, 0.717) is 12.3 Å². The second-order valence-corrected chi connectivity index (χ2v) is 10.4. The summed E-state index contributed by atoms with van der Waals surface area (Å²) < 4.78 is 30.4. The smallest absolute Gasteiger partial charge is 0.306 e. The Hall–Kier alpha value is -0.950. The predicted molar refractivity (Wildman–Crippen MR) is 119 cm³/mol. The molecule has 0 aromatic heterocycles. The third kappa shape index (κ3) is 5.57. The van der Waals surface area contributed by atoms with E-state index in [4.69, 9.17) is 23.7 Å². The molecule has 0 aromatic carbocycles. The van der Waals surface area contributed by atoms with Crippen molar-refractivity contribution in [3.63, 3.8) is 0 Å². The van der Waals surface area contributed by atoms with E-state index >= 15 is 0 Å². The highest BCUT2D eigenvalue weighted by atomic mass is 16.7. The Morgan fingerprint density at radius 3 is 2.31 bits per heavy atom. The van der Waals surface area contributed by atoms with Gasteiger partial charge in [-0.3, -0.25) is 4.79 Å². The Kier molecular flexibility index (Phi) is 7.83. The molecular formula is C26H40O6. The molecule has 0 aromatic rings. The highest BCUT2D eigenvalue weighted by Crippen LogP contribution is 2.44. The van der Waals surface area contributed by atoms with Gasteiger partial charge in [0.1, 0.15) is 6.10 Å². The van der Waals surface area contributed by atoms with Crippen LogP contribution in [0.3, 0.4) is 0 Å². The van der Waals surface area contributed by atoms with E-state index in [1.54, 1.807) is 0 Å². The fraction of sp³-hybridized carbons (Fsp3) is 0.885. The number of rotatable bonds is 7. The molecule has 3 saturated heterocycles. The molecule has 3 aliphatic heterocycles. The third-order valence-electron chi connectivity index (χ3n) is 8.10. The van der Waals surface area contributed by atoms with E-state index in [2.05, 4.69) is 12.2 Å². The third-order valence-corrected chi connectivity index (χ3v) is 8.10. The van der Waals surface area contributed by atoms with Crippen LogP contribution in [0.2, 0.25) is 0 Å². The maximum Gasteiger partial charge on any atom is 0.306 e. The number of hydrogen-bond donors (Lipinski definition) is 0. The largest absolute Gasteiger partial charge is 0.462 e. The van der Waals surface area contributed by atoms with Crippen LogP contribution in [0.1, 0.15) is 83.5 Å². The lowest BCUT2D eigenvalue weighted by atomic mass is 9.84. The first-order valence-electron chi connectivity index (χ1n) is 13.2. The minimum absolute atomic E-state index is 0.0264. The summed E-state index contributed by atoms with van der Waals surface area (Å²) >= 11 is 0. The quantitative estimate of drug-likeness (QED) is 0.408. The van der Waals surface area contributed by atoms with E-state index in [-0.39, 0.29) is 48.7 Å². The number of hydrogen-bond acceptors (Lipinski definition) is 6. The summed E-state index contributed by atoms with van der Waals surface area (Å²) in [6.45, 7) is 1.58. The zero-order chi connectivity index (χ0) is 21.8. The second-order valence-electron chi connectivity index (χ2n) is 10.4. The van der Waals surface area contributed by atoms with E-state index in [1.807, 2.05) is 0 Å². The Morgan fingerprint density at radius 1 is 0.875 bits per heavy atom. The highest BCUT2D eigenvalue weighted by molar-refractivity contribution is 5.72. The topological polar surface area (TPSA) is 63.2 Å². The standard InChI is InChI=1S/C26H40O6/c27-24-16-20-19(22(17-23(20)30-24)32-26-11-5-7-15-29-26)12-13-21(18-8-2-1-3-9-18)31-25-10-4-6-14-28-25/h12-13,18-23,25-26H,1-11,14-17H2/t19-,20-,21+,22-,23+,25?,26?/m1/s1. The van der Waals surface area contributed by atoms with E-state index in [9.17, 15) is 4.79 Å². The maximum atomic E-state index is 12.0. The predicted octanol–water partition coefficient (Wildman–Crippen LogP) is 4.90. The number of carbonyl (C=O) groups is 1. The average molecular weight is 449 g/mol. The lowest BCUT2D eigenvalue weighted by Gasteiger charge is -2.33. The molecule has 2 saturated carbocycles. The Bertz CT molecular complexity index is 632. The molecule has 5 fully saturated rings. The second kappa shape index (κ2) is 11.0. The van der Waals surface area contributed by atoms with Gasteiger partial charge in [-0.15, -0.1) is 0 Å². The fourth-order valence-corrected chi connectivity index (χ4v) is 6.33. The van der Waals surface area contributed by atoms with Crippen molar-refractivity contribution in [3.05, 3.63) is 12.2 Å². The normalized spacial score (nSPS) is 39.8. The first-order chi connectivity index (χ1) is 15.8. The molecule has 6 heteroatoms. The van der Waals surface area contributed by atoms with Gasteiger partial charge in [0.05, 0.1) is 18.6 Å². The molecule has 0 radical (unpaired) electrons. The van der Waals surface area contributed by atoms with Crippen molar-refractivity contribution >= 4 is 5.97 Å². The van der Waals surface area contributed by atoms with Gasteiger partial charge in [0.2, 0.25) is 0 Å². The van der Waals surface area contributed by atoms with Crippen molar-refractivity contribution in [2.75, 3.05) is 13.2 Å². The van der Waals surface area contributed by atoms with Crippen LogP contribution in [-0.2, 0) is 28.5 Å². The number of esters is 1. The van der Waals surface area contributed by atoms with Crippen LogP contribution in [0.5, 0.6) is 0 Å². The first-order valence-corrected chi connectivity index (χ1v) is 13.2. The maximum absolute atomic E-state index is 12.0. The zero-order valence-corrected chi connectivity index (χ0v) is 19.3. The van der Waals surface area contributed by atoms with Gasteiger partial charge in [0.25, 0.3) is 0 Å². The van der Waals surface area contributed by atoms with Crippen LogP contribution >= 0.6 is 0 Å². The molecule has 0 amide bonds. The van der Waals surface area contributed by atoms with Crippen LogP contribution in [0.25, 0.3) is 0 Å². The van der Waals surface area contributed by atoms with Crippen molar-refractivity contribution in [3.8, 4) is 0 Å². The minimum Gasteiger partial charge on any atom is -0.462 e. The molecule has 0 spiro atoms. The summed E-state index contributed by atoms with van der Waals surface area (Å²) in [4.78, 5) is 12.0. The average Bonchev–Trinajstić information content (AvgIpc) is 3.34. The van der Waals surface area contributed by atoms with Gasteiger partial charge in [0, 0.05) is 31.5 Å². The Labute approximate surface area is 192 Å². The number of fused-ring (bicyclic) bond motifs is 1. The summed E-state index contributed by atoms with van der Waals surface area (Å²) in [5.74, 6) is 0.843. The van der Waals surface area contributed by atoms with Crippen molar-refractivity contribution in [2.24, 2.45) is 17.8 Å². The first kappa shape index (κ1) is 22.8. The summed E-state index contributed by atoms with van der Waals surface area (Å²) in [6.07, 6.45) is 18.5. The molecule has 2 aliphatic carbocycles. The lowest BCUT2D eigenvalue weighted by molar-refractivity contribution is -0.194.